The molecule has 94 valence electrons. The third-order valence-corrected chi connectivity index (χ3v) is 3.65. The Labute approximate surface area is 106 Å². The molecule has 1 saturated heterocycles. The molecular formula is C13H17N5. The van der Waals surface area contributed by atoms with Crippen molar-refractivity contribution in [2.45, 2.75) is 12.8 Å². The van der Waals surface area contributed by atoms with Crippen molar-refractivity contribution >= 4 is 16.9 Å². The molecule has 1 aliphatic rings. The van der Waals surface area contributed by atoms with Gasteiger partial charge in [0.25, 0.3) is 0 Å². The lowest BCUT2D eigenvalue weighted by atomic mass is 9.94. The summed E-state index contributed by atoms with van der Waals surface area (Å²) in [6, 6.07) is 2.03. The zero-order valence-electron chi connectivity index (χ0n) is 10.3. The first-order valence-corrected chi connectivity index (χ1v) is 6.23. The van der Waals surface area contributed by atoms with Crippen molar-refractivity contribution < 1.29 is 0 Å². The standard InChI is InChI=1S/C13H17N5/c1-9(14)10-3-6-18(7-4-10)13-11-2-5-15-12(11)16-8-17-13/h2,5,8,10H,1,3-4,6-7,14H2,(H,15,16,17). The summed E-state index contributed by atoms with van der Waals surface area (Å²) in [6.07, 6.45) is 5.61. The van der Waals surface area contributed by atoms with Crippen LogP contribution in [0.2, 0.25) is 0 Å². The summed E-state index contributed by atoms with van der Waals surface area (Å²) in [5.74, 6) is 1.46. The fourth-order valence-corrected chi connectivity index (χ4v) is 2.57. The Kier molecular flexibility index (Phi) is 2.66. The lowest BCUT2D eigenvalue weighted by Gasteiger charge is -2.33. The lowest BCUT2D eigenvalue weighted by molar-refractivity contribution is 0.455. The zero-order chi connectivity index (χ0) is 12.5. The number of piperidine rings is 1. The fraction of sp³-hybridized carbons (Fsp3) is 0.385. The number of H-pyrrole nitrogens is 1. The molecule has 0 aliphatic carbocycles. The van der Waals surface area contributed by atoms with Crippen molar-refractivity contribution in [2.75, 3.05) is 18.0 Å². The number of aromatic amines is 1. The number of anilines is 1. The van der Waals surface area contributed by atoms with E-state index in [9.17, 15) is 0 Å². The second-order valence-electron chi connectivity index (χ2n) is 4.77. The smallest absolute Gasteiger partial charge is 0.142 e. The van der Waals surface area contributed by atoms with Gasteiger partial charge in [0.2, 0.25) is 0 Å². The maximum absolute atomic E-state index is 5.78. The Morgan fingerprint density at radius 2 is 2.17 bits per heavy atom. The number of rotatable bonds is 2. The Morgan fingerprint density at radius 3 is 2.89 bits per heavy atom. The second kappa shape index (κ2) is 4.33. The van der Waals surface area contributed by atoms with Gasteiger partial charge in [0.15, 0.2) is 0 Å². The van der Waals surface area contributed by atoms with E-state index in [4.69, 9.17) is 5.73 Å². The quantitative estimate of drug-likeness (QED) is 0.841. The van der Waals surface area contributed by atoms with Crippen LogP contribution >= 0.6 is 0 Å². The van der Waals surface area contributed by atoms with Crippen molar-refractivity contribution in [3.8, 4) is 0 Å². The van der Waals surface area contributed by atoms with Crippen molar-refractivity contribution in [3.05, 3.63) is 30.9 Å². The highest BCUT2D eigenvalue weighted by atomic mass is 15.2. The van der Waals surface area contributed by atoms with Crippen molar-refractivity contribution in [1.82, 2.24) is 15.0 Å². The van der Waals surface area contributed by atoms with Gasteiger partial charge in [0.1, 0.15) is 17.8 Å². The van der Waals surface area contributed by atoms with E-state index in [2.05, 4.69) is 26.4 Å². The van der Waals surface area contributed by atoms with E-state index in [-0.39, 0.29) is 0 Å². The largest absolute Gasteiger partial charge is 0.402 e. The van der Waals surface area contributed by atoms with Gasteiger partial charge in [-0.2, -0.15) is 0 Å². The van der Waals surface area contributed by atoms with E-state index in [0.29, 0.717) is 5.92 Å². The van der Waals surface area contributed by atoms with Gasteiger partial charge in [0, 0.05) is 30.9 Å². The van der Waals surface area contributed by atoms with Gasteiger partial charge in [-0.1, -0.05) is 6.58 Å². The number of fused-ring (bicyclic) bond motifs is 1. The maximum atomic E-state index is 5.78. The van der Waals surface area contributed by atoms with Gasteiger partial charge in [0.05, 0.1) is 5.39 Å². The molecule has 5 nitrogen and oxygen atoms in total. The van der Waals surface area contributed by atoms with Gasteiger partial charge in [-0.3, -0.25) is 0 Å². The van der Waals surface area contributed by atoms with Crippen LogP contribution in [-0.4, -0.2) is 28.0 Å². The minimum atomic E-state index is 0.449. The van der Waals surface area contributed by atoms with Crippen LogP contribution < -0.4 is 10.6 Å². The number of hydrogen-bond acceptors (Lipinski definition) is 4. The zero-order valence-corrected chi connectivity index (χ0v) is 10.3. The van der Waals surface area contributed by atoms with Gasteiger partial charge >= 0.3 is 0 Å². The van der Waals surface area contributed by atoms with Crippen molar-refractivity contribution in [2.24, 2.45) is 11.7 Å². The predicted molar refractivity (Wildman–Crippen MR) is 72.2 cm³/mol. The summed E-state index contributed by atoms with van der Waals surface area (Å²) in [4.78, 5) is 14.0. The van der Waals surface area contributed by atoms with Gasteiger partial charge in [-0.15, -0.1) is 0 Å². The SMILES string of the molecule is C=C(N)C1CCN(c2ncnc3[nH]ccc23)CC1. The lowest BCUT2D eigenvalue weighted by Crippen LogP contribution is -2.35. The first kappa shape index (κ1) is 11.1. The fourth-order valence-electron chi connectivity index (χ4n) is 2.57. The minimum Gasteiger partial charge on any atom is -0.402 e. The first-order valence-electron chi connectivity index (χ1n) is 6.23. The van der Waals surface area contributed by atoms with E-state index in [1.807, 2.05) is 12.3 Å². The highest BCUT2D eigenvalue weighted by Crippen LogP contribution is 2.28. The molecule has 18 heavy (non-hydrogen) atoms. The number of nitrogens with one attached hydrogen (secondary N) is 1. The Balaban J connectivity index is 1.84. The number of hydrogen-bond donors (Lipinski definition) is 2. The third-order valence-electron chi connectivity index (χ3n) is 3.65. The molecule has 2 aromatic heterocycles. The van der Waals surface area contributed by atoms with Gasteiger partial charge < -0.3 is 15.6 Å². The van der Waals surface area contributed by atoms with E-state index < -0.39 is 0 Å². The van der Waals surface area contributed by atoms with Gasteiger partial charge in [-0.25, -0.2) is 9.97 Å². The monoisotopic (exact) mass is 243 g/mol. The molecule has 1 fully saturated rings. The van der Waals surface area contributed by atoms with Crippen LogP contribution in [0.15, 0.2) is 30.9 Å². The van der Waals surface area contributed by atoms with Crippen LogP contribution in [0.25, 0.3) is 11.0 Å². The normalized spacial score (nSPS) is 17.2. The van der Waals surface area contributed by atoms with E-state index in [0.717, 1.165) is 48.5 Å². The average molecular weight is 243 g/mol. The molecule has 3 heterocycles. The number of aromatic nitrogens is 3. The average Bonchev–Trinajstić information content (AvgIpc) is 2.87. The van der Waals surface area contributed by atoms with Crippen LogP contribution in [0, 0.1) is 5.92 Å². The molecule has 0 spiro atoms. The molecule has 0 bridgehead atoms. The second-order valence-corrected chi connectivity index (χ2v) is 4.77. The summed E-state index contributed by atoms with van der Waals surface area (Å²) in [6.45, 7) is 5.79. The number of allylic oxidation sites excluding steroid dienone is 1. The van der Waals surface area contributed by atoms with E-state index >= 15 is 0 Å². The highest BCUT2D eigenvalue weighted by Gasteiger charge is 2.22. The summed E-state index contributed by atoms with van der Waals surface area (Å²) < 4.78 is 0. The third kappa shape index (κ3) is 1.81. The molecule has 0 unspecified atom stereocenters. The summed E-state index contributed by atoms with van der Waals surface area (Å²) in [5, 5.41) is 1.09. The molecular weight excluding hydrogens is 226 g/mol. The molecule has 3 rings (SSSR count). The topological polar surface area (TPSA) is 70.8 Å². The number of nitrogens with zero attached hydrogens (tertiary/aromatic N) is 3. The minimum absolute atomic E-state index is 0.449. The van der Waals surface area contributed by atoms with Gasteiger partial charge in [-0.05, 0) is 18.9 Å². The molecule has 5 heteroatoms. The number of nitrogens with two attached hydrogens (primary N) is 1. The van der Waals surface area contributed by atoms with Crippen LogP contribution in [-0.2, 0) is 0 Å². The van der Waals surface area contributed by atoms with Crippen molar-refractivity contribution in [1.29, 1.82) is 0 Å². The van der Waals surface area contributed by atoms with Crippen LogP contribution in [0.1, 0.15) is 12.8 Å². The Hall–Kier alpha value is -2.04. The molecule has 0 aromatic carbocycles. The van der Waals surface area contributed by atoms with Crippen LogP contribution in [0.5, 0.6) is 0 Å². The predicted octanol–water partition coefficient (Wildman–Crippen LogP) is 1.65. The molecule has 1 aliphatic heterocycles. The molecule has 0 radical (unpaired) electrons. The van der Waals surface area contributed by atoms with E-state index in [1.165, 1.54) is 0 Å². The van der Waals surface area contributed by atoms with Crippen LogP contribution in [0.4, 0.5) is 5.82 Å². The molecule has 0 amide bonds. The summed E-state index contributed by atoms with van der Waals surface area (Å²) >= 11 is 0. The Bertz CT molecular complexity index is 566. The first-order chi connectivity index (χ1) is 8.75. The molecule has 0 saturated carbocycles. The summed E-state index contributed by atoms with van der Waals surface area (Å²) in [5.41, 5.74) is 7.48. The molecule has 0 atom stereocenters. The van der Waals surface area contributed by atoms with E-state index in [1.54, 1.807) is 6.33 Å². The Morgan fingerprint density at radius 1 is 1.39 bits per heavy atom. The van der Waals surface area contributed by atoms with Crippen LogP contribution in [0.3, 0.4) is 0 Å². The summed E-state index contributed by atoms with van der Waals surface area (Å²) in [7, 11) is 0. The molecule has 3 N–H and O–H groups in total. The highest BCUT2D eigenvalue weighted by molar-refractivity contribution is 5.87. The molecule has 2 aromatic rings. The maximum Gasteiger partial charge on any atom is 0.142 e. The van der Waals surface area contributed by atoms with Crippen molar-refractivity contribution in [3.63, 3.8) is 0 Å².